The van der Waals surface area contributed by atoms with Gasteiger partial charge in [0.05, 0.1) is 22.9 Å². The summed E-state index contributed by atoms with van der Waals surface area (Å²) in [5.74, 6) is 0.133. The van der Waals surface area contributed by atoms with Gasteiger partial charge in [-0.05, 0) is 37.8 Å². The molecule has 5 rings (SSSR count). The van der Waals surface area contributed by atoms with E-state index < -0.39 is 0 Å². The Morgan fingerprint density at radius 2 is 1.47 bits per heavy atom. The molecule has 0 radical (unpaired) electrons. The largest absolute Gasteiger partial charge is 0.507 e. The highest BCUT2D eigenvalue weighted by atomic mass is 16.3. The van der Waals surface area contributed by atoms with Gasteiger partial charge in [0.15, 0.2) is 5.78 Å². The molecule has 0 spiro atoms. The Bertz CT molecular complexity index is 983. The summed E-state index contributed by atoms with van der Waals surface area (Å²) in [5, 5.41) is 14.5. The van der Waals surface area contributed by atoms with Gasteiger partial charge in [-0.15, -0.1) is 0 Å². The fourth-order valence-corrected chi connectivity index (χ4v) is 5.34. The van der Waals surface area contributed by atoms with Crippen molar-refractivity contribution in [3.05, 3.63) is 58.7 Å². The number of rotatable bonds is 3. The first kappa shape index (κ1) is 19.3. The first-order valence-electron chi connectivity index (χ1n) is 11.6. The van der Waals surface area contributed by atoms with Gasteiger partial charge in [-0.25, -0.2) is 0 Å². The third kappa shape index (κ3) is 3.53. The van der Waals surface area contributed by atoms with Gasteiger partial charge >= 0.3 is 0 Å². The predicted octanol–water partition coefficient (Wildman–Crippen LogP) is 5.85. The Kier molecular flexibility index (Phi) is 5.32. The van der Waals surface area contributed by atoms with Gasteiger partial charge < -0.3 is 10.4 Å². The number of fused-ring (bicyclic) bond motifs is 2. The van der Waals surface area contributed by atoms with Crippen LogP contribution in [0.5, 0.6) is 5.75 Å². The van der Waals surface area contributed by atoms with Crippen molar-refractivity contribution in [1.82, 2.24) is 0 Å². The summed E-state index contributed by atoms with van der Waals surface area (Å²) in [4.78, 5) is 18.7. The van der Waals surface area contributed by atoms with E-state index in [9.17, 15) is 9.90 Å². The summed E-state index contributed by atoms with van der Waals surface area (Å²) < 4.78 is 0. The molecule has 0 bridgehead atoms. The summed E-state index contributed by atoms with van der Waals surface area (Å²) in [6.45, 7) is 0. The van der Waals surface area contributed by atoms with E-state index in [1.54, 1.807) is 6.07 Å². The molecule has 0 amide bonds. The fraction of sp³-hybridized carbons (Fsp3) is 0.462. The van der Waals surface area contributed by atoms with Crippen LogP contribution in [0.3, 0.4) is 0 Å². The van der Waals surface area contributed by atoms with Crippen molar-refractivity contribution in [3.8, 4) is 5.75 Å². The standard InChI is InChI=1S/C26H30N2O2/c29-22-16-15-21(27-17-9-3-1-4-10-17)23-24(22)25(28-18-11-5-2-6-12-18)19-13-7-8-14-20(19)26(23)30/h7-8,13-18,27,29H,1-6,9-12H2. The number of aromatic hydroxyl groups is 1. The molecule has 4 heteroatoms. The average Bonchev–Trinajstić information content (AvgIpc) is 2.79. The second-order valence-electron chi connectivity index (χ2n) is 9.01. The highest BCUT2D eigenvalue weighted by Gasteiger charge is 2.33. The van der Waals surface area contributed by atoms with Crippen LogP contribution in [0.1, 0.15) is 91.3 Å². The van der Waals surface area contributed by atoms with E-state index in [4.69, 9.17) is 4.99 Å². The lowest BCUT2D eigenvalue weighted by Crippen LogP contribution is -2.28. The molecule has 0 aromatic heterocycles. The minimum absolute atomic E-state index is 0.0163. The van der Waals surface area contributed by atoms with E-state index in [-0.39, 0.29) is 17.6 Å². The van der Waals surface area contributed by atoms with Crippen LogP contribution >= 0.6 is 0 Å². The molecule has 0 heterocycles. The van der Waals surface area contributed by atoms with Crippen molar-refractivity contribution >= 4 is 17.2 Å². The Morgan fingerprint density at radius 3 is 2.20 bits per heavy atom. The maximum absolute atomic E-state index is 13.6. The first-order valence-corrected chi connectivity index (χ1v) is 11.6. The Balaban J connectivity index is 1.64. The van der Waals surface area contributed by atoms with E-state index in [0.29, 0.717) is 22.7 Å². The van der Waals surface area contributed by atoms with Crippen molar-refractivity contribution in [2.24, 2.45) is 4.99 Å². The van der Waals surface area contributed by atoms with Crippen molar-refractivity contribution < 1.29 is 9.90 Å². The Hall–Kier alpha value is -2.62. The molecule has 3 aliphatic carbocycles. The van der Waals surface area contributed by atoms with E-state index in [1.807, 2.05) is 30.3 Å². The number of nitrogens with zero attached hydrogens (tertiary/aromatic N) is 1. The number of nitrogens with one attached hydrogen (secondary N) is 1. The predicted molar refractivity (Wildman–Crippen MR) is 121 cm³/mol. The highest BCUT2D eigenvalue weighted by Crippen LogP contribution is 2.39. The van der Waals surface area contributed by atoms with Crippen LogP contribution in [0.25, 0.3) is 0 Å². The quantitative estimate of drug-likeness (QED) is 0.540. The van der Waals surface area contributed by atoms with E-state index in [2.05, 4.69) is 5.32 Å². The molecule has 2 saturated carbocycles. The van der Waals surface area contributed by atoms with Crippen LogP contribution in [-0.2, 0) is 0 Å². The van der Waals surface area contributed by atoms with Crippen LogP contribution in [0.4, 0.5) is 5.69 Å². The highest BCUT2D eigenvalue weighted by molar-refractivity contribution is 6.32. The third-order valence-corrected chi connectivity index (χ3v) is 6.93. The number of hydrogen-bond acceptors (Lipinski definition) is 4. The van der Waals surface area contributed by atoms with Crippen LogP contribution < -0.4 is 5.32 Å². The molecule has 0 unspecified atom stereocenters. The lowest BCUT2D eigenvalue weighted by molar-refractivity contribution is 0.103. The zero-order valence-electron chi connectivity index (χ0n) is 17.5. The van der Waals surface area contributed by atoms with E-state index in [0.717, 1.165) is 42.6 Å². The Labute approximate surface area is 178 Å². The number of phenolic OH excluding ortho intramolecular Hbond substituents is 1. The van der Waals surface area contributed by atoms with Gasteiger partial charge in [-0.2, -0.15) is 0 Å². The van der Waals surface area contributed by atoms with Crippen LogP contribution in [0.15, 0.2) is 41.4 Å². The van der Waals surface area contributed by atoms with E-state index >= 15 is 0 Å². The SMILES string of the molecule is O=C1c2ccccc2C(=NC2CCCCC2)c2c(O)ccc(NC3CCCCC3)c21. The second-order valence-corrected chi connectivity index (χ2v) is 9.01. The lowest BCUT2D eigenvalue weighted by atomic mass is 9.81. The monoisotopic (exact) mass is 402 g/mol. The number of benzene rings is 2. The Morgan fingerprint density at radius 1 is 0.800 bits per heavy atom. The molecule has 0 saturated heterocycles. The first-order chi connectivity index (χ1) is 14.7. The molecule has 3 aliphatic rings. The van der Waals surface area contributed by atoms with Gasteiger partial charge in [0, 0.05) is 22.9 Å². The molecule has 2 aromatic rings. The number of anilines is 1. The minimum Gasteiger partial charge on any atom is -0.507 e. The molecule has 4 nitrogen and oxygen atoms in total. The normalized spacial score (nSPS) is 21.3. The van der Waals surface area contributed by atoms with Gasteiger partial charge in [0.2, 0.25) is 0 Å². The van der Waals surface area contributed by atoms with Crippen molar-refractivity contribution in [1.29, 1.82) is 0 Å². The van der Waals surface area contributed by atoms with Gasteiger partial charge in [-0.1, -0.05) is 62.8 Å². The lowest BCUT2D eigenvalue weighted by Gasteiger charge is -2.29. The molecule has 0 aliphatic heterocycles. The summed E-state index contributed by atoms with van der Waals surface area (Å²) in [6.07, 6.45) is 11.8. The smallest absolute Gasteiger partial charge is 0.196 e. The third-order valence-electron chi connectivity index (χ3n) is 6.93. The summed E-state index contributed by atoms with van der Waals surface area (Å²) in [7, 11) is 0. The number of phenols is 1. The van der Waals surface area contributed by atoms with Gasteiger partial charge in [-0.3, -0.25) is 9.79 Å². The molecule has 30 heavy (non-hydrogen) atoms. The fourth-order valence-electron chi connectivity index (χ4n) is 5.34. The maximum atomic E-state index is 13.6. The topological polar surface area (TPSA) is 61.7 Å². The van der Waals surface area contributed by atoms with Crippen LogP contribution in [0, 0.1) is 0 Å². The van der Waals surface area contributed by atoms with Crippen molar-refractivity contribution in [3.63, 3.8) is 0 Å². The van der Waals surface area contributed by atoms with Gasteiger partial charge in [0.25, 0.3) is 0 Å². The maximum Gasteiger partial charge on any atom is 0.196 e. The van der Waals surface area contributed by atoms with Crippen LogP contribution in [0.2, 0.25) is 0 Å². The number of ketones is 1. The van der Waals surface area contributed by atoms with Crippen molar-refractivity contribution in [2.45, 2.75) is 76.3 Å². The second kappa shape index (κ2) is 8.25. The molecule has 156 valence electrons. The number of carbonyl (C=O) groups excluding carboxylic acids is 1. The molecule has 0 atom stereocenters. The van der Waals surface area contributed by atoms with Gasteiger partial charge in [0.1, 0.15) is 5.75 Å². The zero-order chi connectivity index (χ0) is 20.5. The molecule has 2 N–H and O–H groups in total. The number of aliphatic imine (C=N–C) groups is 1. The van der Waals surface area contributed by atoms with Crippen molar-refractivity contribution in [2.75, 3.05) is 5.32 Å². The van der Waals surface area contributed by atoms with Crippen LogP contribution in [-0.4, -0.2) is 28.7 Å². The zero-order valence-corrected chi connectivity index (χ0v) is 17.5. The summed E-state index contributed by atoms with van der Waals surface area (Å²) >= 11 is 0. The molecular formula is C26H30N2O2. The number of carbonyl (C=O) groups is 1. The number of hydrogen-bond donors (Lipinski definition) is 2. The molecule has 2 aromatic carbocycles. The molecule has 2 fully saturated rings. The minimum atomic E-state index is -0.0163. The summed E-state index contributed by atoms with van der Waals surface area (Å²) in [5.41, 5.74) is 4.38. The summed E-state index contributed by atoms with van der Waals surface area (Å²) in [6, 6.07) is 12.0. The molecular weight excluding hydrogens is 372 g/mol. The average molecular weight is 403 g/mol. The van der Waals surface area contributed by atoms with E-state index in [1.165, 1.54) is 38.5 Å².